The molecule has 0 spiro atoms. The molecule has 1 rings (SSSR count). The van der Waals surface area contributed by atoms with Gasteiger partial charge in [-0.15, -0.1) is 0 Å². The highest BCUT2D eigenvalue weighted by Gasteiger charge is 2.07. The molecule has 0 atom stereocenters. The largest absolute Gasteiger partial charge is 0.490 e. The minimum absolute atomic E-state index is 0.585. The van der Waals surface area contributed by atoms with E-state index in [-0.39, 0.29) is 0 Å². The van der Waals surface area contributed by atoms with Crippen LogP contribution in [0.3, 0.4) is 0 Å². The zero-order chi connectivity index (χ0) is 13.2. The van der Waals surface area contributed by atoms with E-state index in [0.29, 0.717) is 13.2 Å². The lowest BCUT2D eigenvalue weighted by Gasteiger charge is -2.13. The van der Waals surface area contributed by atoms with Gasteiger partial charge in [-0.25, -0.2) is 0 Å². The van der Waals surface area contributed by atoms with Crippen LogP contribution in [0.4, 0.5) is 0 Å². The second-order valence-corrected chi connectivity index (χ2v) is 4.82. The van der Waals surface area contributed by atoms with Crippen molar-refractivity contribution >= 4 is 15.9 Å². The fourth-order valence-corrected chi connectivity index (χ4v) is 2.08. The van der Waals surface area contributed by atoms with Crippen LogP contribution in [0.2, 0.25) is 0 Å². The van der Waals surface area contributed by atoms with Gasteiger partial charge in [-0.3, -0.25) is 0 Å². The Morgan fingerprint density at radius 3 is 2.72 bits per heavy atom. The average Bonchev–Trinajstić information content (AvgIpc) is 2.38. The molecule has 0 aromatic heterocycles. The van der Waals surface area contributed by atoms with E-state index in [2.05, 4.69) is 41.2 Å². The Bertz CT molecular complexity index is 345. The lowest BCUT2D eigenvalue weighted by atomic mass is 10.2. The van der Waals surface area contributed by atoms with E-state index in [1.54, 1.807) is 0 Å². The number of halogens is 1. The van der Waals surface area contributed by atoms with Crippen molar-refractivity contribution in [3.05, 3.63) is 28.2 Å². The maximum atomic E-state index is 5.80. The second-order valence-electron chi connectivity index (χ2n) is 3.97. The molecular formula is C14H22BrNO2. The Morgan fingerprint density at radius 2 is 2.00 bits per heavy atom. The third-order valence-corrected chi connectivity index (χ3v) is 3.06. The van der Waals surface area contributed by atoms with Gasteiger partial charge in [0.2, 0.25) is 0 Å². The van der Waals surface area contributed by atoms with Crippen molar-refractivity contribution in [3.8, 4) is 5.75 Å². The molecule has 1 N–H and O–H groups in total. The highest BCUT2D eigenvalue weighted by atomic mass is 79.9. The zero-order valence-corrected chi connectivity index (χ0v) is 12.8. The third kappa shape index (κ3) is 5.38. The topological polar surface area (TPSA) is 30.5 Å². The van der Waals surface area contributed by atoms with Crippen molar-refractivity contribution in [2.24, 2.45) is 0 Å². The predicted molar refractivity (Wildman–Crippen MR) is 78.1 cm³/mol. The van der Waals surface area contributed by atoms with E-state index in [1.807, 2.05) is 12.1 Å². The summed E-state index contributed by atoms with van der Waals surface area (Å²) in [4.78, 5) is 0. The molecule has 0 bridgehead atoms. The number of hydrogen-bond acceptors (Lipinski definition) is 3. The number of ether oxygens (including phenoxy) is 2. The summed E-state index contributed by atoms with van der Waals surface area (Å²) in [6.07, 6.45) is 1.04. The van der Waals surface area contributed by atoms with Crippen LogP contribution in [0.15, 0.2) is 22.7 Å². The number of para-hydroxylation sites is 1. The monoisotopic (exact) mass is 315 g/mol. The first kappa shape index (κ1) is 15.5. The van der Waals surface area contributed by atoms with Crippen molar-refractivity contribution < 1.29 is 9.47 Å². The molecule has 102 valence electrons. The molecule has 0 amide bonds. The van der Waals surface area contributed by atoms with Gasteiger partial charge in [0, 0.05) is 18.7 Å². The molecule has 0 heterocycles. The van der Waals surface area contributed by atoms with Gasteiger partial charge in [-0.1, -0.05) is 26.0 Å². The third-order valence-electron chi connectivity index (χ3n) is 2.44. The van der Waals surface area contributed by atoms with Crippen LogP contribution in [0.5, 0.6) is 5.75 Å². The predicted octanol–water partition coefficient (Wildman–Crippen LogP) is 3.36. The summed E-state index contributed by atoms with van der Waals surface area (Å²) in [7, 11) is 0. The highest BCUT2D eigenvalue weighted by Crippen LogP contribution is 2.29. The summed E-state index contributed by atoms with van der Waals surface area (Å²) in [5.74, 6) is 0.915. The SMILES string of the molecule is CCCOCCOc1c(Br)cccc1CNCC. The van der Waals surface area contributed by atoms with Crippen molar-refractivity contribution in [3.63, 3.8) is 0 Å². The Balaban J connectivity index is 2.50. The van der Waals surface area contributed by atoms with Gasteiger partial charge in [-0.05, 0) is 35.0 Å². The first-order chi connectivity index (χ1) is 8.79. The van der Waals surface area contributed by atoms with E-state index in [9.17, 15) is 0 Å². The Labute approximate surface area is 118 Å². The molecule has 1 aromatic rings. The van der Waals surface area contributed by atoms with Gasteiger partial charge in [0.25, 0.3) is 0 Å². The molecule has 0 saturated carbocycles. The van der Waals surface area contributed by atoms with Gasteiger partial charge < -0.3 is 14.8 Å². The molecule has 0 radical (unpaired) electrons. The van der Waals surface area contributed by atoms with Gasteiger partial charge in [-0.2, -0.15) is 0 Å². The van der Waals surface area contributed by atoms with Crippen LogP contribution in [0.25, 0.3) is 0 Å². The smallest absolute Gasteiger partial charge is 0.138 e. The van der Waals surface area contributed by atoms with Crippen LogP contribution >= 0.6 is 15.9 Å². The van der Waals surface area contributed by atoms with Crippen molar-refractivity contribution in [2.45, 2.75) is 26.8 Å². The van der Waals surface area contributed by atoms with E-state index >= 15 is 0 Å². The quantitative estimate of drug-likeness (QED) is 0.709. The van der Waals surface area contributed by atoms with E-state index in [4.69, 9.17) is 9.47 Å². The summed E-state index contributed by atoms with van der Waals surface area (Å²) in [6, 6.07) is 6.10. The van der Waals surface area contributed by atoms with Gasteiger partial charge in [0.05, 0.1) is 11.1 Å². The molecule has 0 saturated heterocycles. The lowest BCUT2D eigenvalue weighted by molar-refractivity contribution is 0.1000. The molecule has 1 aromatic carbocycles. The Hall–Kier alpha value is -0.580. The summed E-state index contributed by atoms with van der Waals surface area (Å²) in [5.41, 5.74) is 1.17. The van der Waals surface area contributed by atoms with E-state index in [0.717, 1.165) is 36.3 Å². The highest BCUT2D eigenvalue weighted by molar-refractivity contribution is 9.10. The molecule has 4 heteroatoms. The summed E-state index contributed by atoms with van der Waals surface area (Å²) >= 11 is 3.53. The Kier molecular flexibility index (Phi) is 8.05. The number of hydrogen-bond donors (Lipinski definition) is 1. The molecule has 0 aliphatic rings. The summed E-state index contributed by atoms with van der Waals surface area (Å²) < 4.78 is 12.2. The summed E-state index contributed by atoms with van der Waals surface area (Å²) in [6.45, 7) is 7.98. The van der Waals surface area contributed by atoms with E-state index < -0.39 is 0 Å². The standard InChI is InChI=1S/C14H22BrNO2/c1-3-8-17-9-10-18-14-12(11-16-4-2)6-5-7-13(14)15/h5-7,16H,3-4,8-11H2,1-2H3. The number of rotatable bonds is 9. The summed E-state index contributed by atoms with van der Waals surface area (Å²) in [5, 5.41) is 3.31. The molecular weight excluding hydrogens is 294 g/mol. The minimum Gasteiger partial charge on any atom is -0.490 e. The van der Waals surface area contributed by atoms with E-state index in [1.165, 1.54) is 5.56 Å². The molecule has 0 unspecified atom stereocenters. The van der Waals surface area contributed by atoms with Crippen LogP contribution in [-0.2, 0) is 11.3 Å². The van der Waals surface area contributed by atoms with Crippen molar-refractivity contribution in [1.29, 1.82) is 0 Å². The normalized spacial score (nSPS) is 10.6. The van der Waals surface area contributed by atoms with Crippen LogP contribution in [0.1, 0.15) is 25.8 Å². The number of nitrogens with one attached hydrogen (secondary N) is 1. The fourth-order valence-electron chi connectivity index (χ4n) is 1.56. The lowest BCUT2D eigenvalue weighted by Crippen LogP contribution is -2.14. The molecule has 18 heavy (non-hydrogen) atoms. The maximum Gasteiger partial charge on any atom is 0.138 e. The molecule has 3 nitrogen and oxygen atoms in total. The zero-order valence-electron chi connectivity index (χ0n) is 11.2. The van der Waals surface area contributed by atoms with Crippen LogP contribution < -0.4 is 10.1 Å². The van der Waals surface area contributed by atoms with Crippen molar-refractivity contribution in [2.75, 3.05) is 26.4 Å². The number of benzene rings is 1. The average molecular weight is 316 g/mol. The van der Waals surface area contributed by atoms with Gasteiger partial charge in [0.1, 0.15) is 12.4 Å². The van der Waals surface area contributed by atoms with Crippen LogP contribution in [0, 0.1) is 0 Å². The minimum atomic E-state index is 0.585. The molecule has 0 aliphatic heterocycles. The Morgan fingerprint density at radius 1 is 1.17 bits per heavy atom. The first-order valence-electron chi connectivity index (χ1n) is 6.48. The first-order valence-corrected chi connectivity index (χ1v) is 7.27. The van der Waals surface area contributed by atoms with Gasteiger partial charge >= 0.3 is 0 Å². The maximum absolute atomic E-state index is 5.80. The fraction of sp³-hybridized carbons (Fsp3) is 0.571. The van der Waals surface area contributed by atoms with Gasteiger partial charge in [0.15, 0.2) is 0 Å². The molecule has 0 fully saturated rings. The van der Waals surface area contributed by atoms with Crippen molar-refractivity contribution in [1.82, 2.24) is 5.32 Å². The van der Waals surface area contributed by atoms with Crippen LogP contribution in [-0.4, -0.2) is 26.4 Å². The second kappa shape index (κ2) is 9.36. The molecule has 0 aliphatic carbocycles.